The predicted octanol–water partition coefficient (Wildman–Crippen LogP) is 3.76. The Bertz CT molecular complexity index is 1080. The van der Waals surface area contributed by atoms with Crippen LogP contribution in [-0.4, -0.2) is 53.5 Å². The average Bonchev–Trinajstić information content (AvgIpc) is 3.32. The minimum absolute atomic E-state index is 0.128. The molecule has 194 valence electrons. The largest absolute Gasteiger partial charge is 0.416 e. The number of aliphatic hydroxyl groups is 1. The molecule has 4 rings (SSSR count). The number of hydrogen-bond donors (Lipinski definition) is 3. The molecule has 1 heterocycles. The van der Waals surface area contributed by atoms with Crippen LogP contribution in [-0.2, 0) is 16.6 Å². The Morgan fingerprint density at radius 1 is 1.06 bits per heavy atom. The second kappa shape index (κ2) is 10.6. The number of nitrogens with one attached hydrogen (secondary N) is 2. The quantitative estimate of drug-likeness (QED) is 0.561. The average molecular weight is 504 g/mol. The van der Waals surface area contributed by atoms with Gasteiger partial charge in [-0.15, -0.1) is 0 Å². The fraction of sp³-hybridized carbons (Fsp3) is 0.481. The van der Waals surface area contributed by atoms with Crippen molar-refractivity contribution in [1.82, 2.24) is 15.5 Å². The van der Waals surface area contributed by atoms with Crippen LogP contribution < -0.4 is 10.6 Å². The van der Waals surface area contributed by atoms with Crippen molar-refractivity contribution in [3.63, 3.8) is 0 Å². The van der Waals surface area contributed by atoms with E-state index in [0.717, 1.165) is 42.5 Å². The monoisotopic (exact) mass is 503 g/mol. The van der Waals surface area contributed by atoms with Crippen molar-refractivity contribution in [3.05, 3.63) is 70.8 Å². The lowest BCUT2D eigenvalue weighted by Crippen LogP contribution is -2.46. The van der Waals surface area contributed by atoms with Gasteiger partial charge in [-0.05, 0) is 62.8 Å². The SMILES string of the molecule is Cc1ccc(C2(O)CCC(NC3CCN(C(=O)CNC(=O)c4cccc(C(F)(F)F)c4)C3)CC2)cc1. The number of alkyl halides is 3. The fourth-order valence-corrected chi connectivity index (χ4v) is 5.08. The summed E-state index contributed by atoms with van der Waals surface area (Å²) in [5, 5.41) is 17.1. The molecule has 2 aromatic carbocycles. The number of rotatable bonds is 6. The van der Waals surface area contributed by atoms with Gasteiger partial charge in [0.15, 0.2) is 0 Å². The molecule has 2 aromatic rings. The highest BCUT2D eigenvalue weighted by Gasteiger charge is 2.36. The van der Waals surface area contributed by atoms with Crippen LogP contribution in [0.4, 0.5) is 13.2 Å². The molecule has 0 radical (unpaired) electrons. The zero-order valence-electron chi connectivity index (χ0n) is 20.3. The maximum Gasteiger partial charge on any atom is 0.416 e. The fourth-order valence-electron chi connectivity index (χ4n) is 5.08. The van der Waals surface area contributed by atoms with Gasteiger partial charge in [0.05, 0.1) is 17.7 Å². The molecule has 1 saturated heterocycles. The van der Waals surface area contributed by atoms with E-state index in [0.29, 0.717) is 25.9 Å². The number of aryl methyl sites for hydroxylation is 1. The van der Waals surface area contributed by atoms with E-state index >= 15 is 0 Å². The lowest BCUT2D eigenvalue weighted by Gasteiger charge is -2.37. The maximum atomic E-state index is 12.9. The predicted molar refractivity (Wildman–Crippen MR) is 129 cm³/mol. The van der Waals surface area contributed by atoms with Gasteiger partial charge in [-0.2, -0.15) is 13.2 Å². The third kappa shape index (κ3) is 6.25. The summed E-state index contributed by atoms with van der Waals surface area (Å²) in [6, 6.07) is 12.5. The van der Waals surface area contributed by atoms with Gasteiger partial charge in [0.2, 0.25) is 5.91 Å². The van der Waals surface area contributed by atoms with Crippen molar-refractivity contribution in [3.8, 4) is 0 Å². The zero-order valence-corrected chi connectivity index (χ0v) is 20.3. The third-order valence-electron chi connectivity index (χ3n) is 7.27. The van der Waals surface area contributed by atoms with Gasteiger partial charge in [0.1, 0.15) is 0 Å². The van der Waals surface area contributed by atoms with Gasteiger partial charge in [0, 0.05) is 30.7 Å². The second-order valence-electron chi connectivity index (χ2n) is 9.93. The lowest BCUT2D eigenvalue weighted by atomic mass is 9.77. The molecule has 0 spiro atoms. The summed E-state index contributed by atoms with van der Waals surface area (Å²) >= 11 is 0. The van der Waals surface area contributed by atoms with E-state index < -0.39 is 23.2 Å². The van der Waals surface area contributed by atoms with E-state index in [-0.39, 0.29) is 30.1 Å². The van der Waals surface area contributed by atoms with Crippen LogP contribution in [0.2, 0.25) is 0 Å². The zero-order chi connectivity index (χ0) is 25.9. The van der Waals surface area contributed by atoms with Crippen molar-refractivity contribution in [2.45, 2.75) is 62.9 Å². The van der Waals surface area contributed by atoms with Gasteiger partial charge in [0.25, 0.3) is 5.91 Å². The Kier molecular flexibility index (Phi) is 7.70. The summed E-state index contributed by atoms with van der Waals surface area (Å²) in [6.07, 6.45) is -0.744. The second-order valence-corrected chi connectivity index (χ2v) is 9.93. The van der Waals surface area contributed by atoms with Crippen LogP contribution >= 0.6 is 0 Å². The molecule has 36 heavy (non-hydrogen) atoms. The van der Waals surface area contributed by atoms with E-state index in [1.807, 2.05) is 31.2 Å². The summed E-state index contributed by atoms with van der Waals surface area (Å²) in [5.41, 5.74) is 0.266. The number of hydrogen-bond acceptors (Lipinski definition) is 4. The van der Waals surface area contributed by atoms with Crippen LogP contribution in [0.25, 0.3) is 0 Å². The number of halogens is 3. The van der Waals surface area contributed by atoms with Gasteiger partial charge in [-0.1, -0.05) is 35.9 Å². The molecule has 6 nitrogen and oxygen atoms in total. The molecular weight excluding hydrogens is 471 g/mol. The Morgan fingerprint density at radius 2 is 1.75 bits per heavy atom. The van der Waals surface area contributed by atoms with Gasteiger partial charge in [-0.25, -0.2) is 0 Å². The van der Waals surface area contributed by atoms with E-state index in [2.05, 4.69) is 10.6 Å². The van der Waals surface area contributed by atoms with Crippen molar-refractivity contribution in [1.29, 1.82) is 0 Å². The van der Waals surface area contributed by atoms with Crippen LogP contribution in [0.15, 0.2) is 48.5 Å². The number of benzene rings is 2. The Balaban J connectivity index is 1.21. The van der Waals surface area contributed by atoms with E-state index in [4.69, 9.17) is 0 Å². The first-order valence-electron chi connectivity index (χ1n) is 12.3. The molecule has 1 atom stereocenters. The Morgan fingerprint density at radius 3 is 2.42 bits per heavy atom. The van der Waals surface area contributed by atoms with Gasteiger partial charge < -0.3 is 20.6 Å². The van der Waals surface area contributed by atoms with Crippen molar-refractivity contribution in [2.24, 2.45) is 0 Å². The number of carbonyl (C=O) groups is 2. The van der Waals surface area contributed by atoms with Gasteiger partial charge in [-0.3, -0.25) is 9.59 Å². The standard InChI is InChI=1S/C27H32F3N3O3/c1-18-5-7-20(8-6-18)26(36)12-9-22(10-13-26)32-23-11-14-33(17-23)24(34)16-31-25(35)19-3-2-4-21(15-19)27(28,29)30/h2-8,15,22-23,32,36H,9-14,16-17H2,1H3,(H,31,35). The molecule has 3 N–H and O–H groups in total. The minimum atomic E-state index is -4.54. The van der Waals surface area contributed by atoms with E-state index in [1.165, 1.54) is 12.1 Å². The molecule has 0 bridgehead atoms. The summed E-state index contributed by atoms with van der Waals surface area (Å²) in [5.74, 6) is -0.983. The molecule has 1 unspecified atom stereocenters. The molecule has 2 fully saturated rings. The van der Waals surface area contributed by atoms with Crippen molar-refractivity contribution < 1.29 is 27.9 Å². The first-order chi connectivity index (χ1) is 17.0. The Labute approximate surface area is 208 Å². The third-order valence-corrected chi connectivity index (χ3v) is 7.27. The molecule has 2 amide bonds. The molecular formula is C27H32F3N3O3. The smallest absolute Gasteiger partial charge is 0.385 e. The summed E-state index contributed by atoms with van der Waals surface area (Å²) in [6.45, 7) is 2.82. The molecule has 2 aliphatic rings. The van der Waals surface area contributed by atoms with Crippen LogP contribution in [0, 0.1) is 6.92 Å². The Hall–Kier alpha value is -2.91. The number of carbonyl (C=O) groups excluding carboxylic acids is 2. The lowest BCUT2D eigenvalue weighted by molar-refractivity contribution is -0.137. The van der Waals surface area contributed by atoms with Gasteiger partial charge >= 0.3 is 6.18 Å². The topological polar surface area (TPSA) is 81.7 Å². The highest BCUT2D eigenvalue weighted by atomic mass is 19.4. The molecule has 0 aromatic heterocycles. The first kappa shape index (κ1) is 26.2. The summed E-state index contributed by atoms with van der Waals surface area (Å²) < 4.78 is 38.6. The molecule has 1 saturated carbocycles. The van der Waals surface area contributed by atoms with E-state index in [1.54, 1.807) is 4.90 Å². The van der Waals surface area contributed by atoms with Crippen molar-refractivity contribution >= 4 is 11.8 Å². The summed E-state index contributed by atoms with van der Waals surface area (Å²) in [7, 11) is 0. The maximum absolute atomic E-state index is 12.9. The normalized spacial score (nSPS) is 24.5. The number of amides is 2. The highest BCUT2D eigenvalue weighted by Crippen LogP contribution is 2.37. The van der Waals surface area contributed by atoms with Crippen LogP contribution in [0.1, 0.15) is 59.2 Å². The van der Waals surface area contributed by atoms with Crippen molar-refractivity contribution in [2.75, 3.05) is 19.6 Å². The minimum Gasteiger partial charge on any atom is -0.385 e. The van der Waals surface area contributed by atoms with Crippen LogP contribution in [0.3, 0.4) is 0 Å². The molecule has 9 heteroatoms. The first-order valence-corrected chi connectivity index (χ1v) is 12.3. The van der Waals surface area contributed by atoms with Crippen LogP contribution in [0.5, 0.6) is 0 Å². The number of likely N-dealkylation sites (tertiary alicyclic amines) is 1. The molecule has 1 aliphatic heterocycles. The highest BCUT2D eigenvalue weighted by molar-refractivity contribution is 5.96. The molecule has 1 aliphatic carbocycles. The van der Waals surface area contributed by atoms with E-state index in [9.17, 15) is 27.9 Å². The number of nitrogens with zero attached hydrogens (tertiary/aromatic N) is 1. The summed E-state index contributed by atoms with van der Waals surface area (Å²) in [4.78, 5) is 26.5.